The molecule has 0 saturated heterocycles. The lowest BCUT2D eigenvalue weighted by atomic mass is 10.1. The van der Waals surface area contributed by atoms with Crippen molar-refractivity contribution in [2.45, 2.75) is 110 Å². The Kier molecular flexibility index (Phi) is 10.9. The fourth-order valence-electron chi connectivity index (χ4n) is 3.77. The molecule has 0 fully saturated rings. The van der Waals surface area contributed by atoms with Crippen LogP contribution in [0.25, 0.3) is 0 Å². The minimum Gasteiger partial charge on any atom is -0.248 e. The first-order valence-corrected chi connectivity index (χ1v) is 11.5. The maximum absolute atomic E-state index is 3.42. The highest BCUT2D eigenvalue weighted by molar-refractivity contribution is 4.78. The maximum atomic E-state index is 3.42. The van der Waals surface area contributed by atoms with Crippen molar-refractivity contribution < 1.29 is 9.13 Å². The van der Waals surface area contributed by atoms with Gasteiger partial charge in [0, 0.05) is 12.8 Å². The van der Waals surface area contributed by atoms with E-state index in [9.17, 15) is 0 Å². The summed E-state index contributed by atoms with van der Waals surface area (Å²) < 4.78 is 4.80. The Morgan fingerprint density at radius 2 is 1.00 bits per heavy atom. The molecular weight excluding hydrogens is 332 g/mol. The summed E-state index contributed by atoms with van der Waals surface area (Å²) in [6.45, 7) is 6.84. The molecule has 27 heavy (non-hydrogen) atoms. The maximum Gasteiger partial charge on any atom is 0.254 e. The Morgan fingerprint density at radius 3 is 1.41 bits per heavy atom. The van der Waals surface area contributed by atoms with Gasteiger partial charge < -0.3 is 0 Å². The highest BCUT2D eigenvalue weighted by Crippen LogP contribution is 2.10. The molecule has 4 nitrogen and oxygen atoms in total. The van der Waals surface area contributed by atoms with Crippen LogP contribution in [0.2, 0.25) is 0 Å². The van der Waals surface area contributed by atoms with Gasteiger partial charge in [-0.05, 0) is 25.7 Å². The molecule has 0 aromatic carbocycles. The fourth-order valence-corrected chi connectivity index (χ4v) is 3.77. The lowest BCUT2D eigenvalue weighted by Gasteiger charge is -2.03. The van der Waals surface area contributed by atoms with Gasteiger partial charge in [0.25, 0.3) is 11.6 Å². The van der Waals surface area contributed by atoms with Crippen LogP contribution in [0.15, 0.2) is 24.8 Å². The summed E-state index contributed by atoms with van der Waals surface area (Å²) in [6, 6.07) is 0. The van der Waals surface area contributed by atoms with Crippen molar-refractivity contribution >= 4 is 0 Å². The quantitative estimate of drug-likeness (QED) is 0.305. The Hall–Kier alpha value is -1.58. The van der Waals surface area contributed by atoms with E-state index in [4.69, 9.17) is 0 Å². The van der Waals surface area contributed by atoms with E-state index in [1.54, 1.807) is 0 Å². The second-order valence-corrected chi connectivity index (χ2v) is 7.88. The molecule has 0 aliphatic carbocycles. The number of aromatic nitrogens is 4. The average Bonchev–Trinajstić information content (AvgIpc) is 3.32. The summed E-state index contributed by atoms with van der Waals surface area (Å²) in [5.74, 6) is 2.82. The van der Waals surface area contributed by atoms with Crippen LogP contribution < -0.4 is 9.13 Å². The number of hydrogen-bond acceptors (Lipinski definition) is 0. The Labute approximate surface area is 166 Å². The third-order valence-corrected chi connectivity index (χ3v) is 5.53. The highest BCUT2D eigenvalue weighted by Gasteiger charge is 2.10. The van der Waals surface area contributed by atoms with Crippen LogP contribution in [-0.4, -0.2) is 9.97 Å². The molecule has 0 bridgehead atoms. The topological polar surface area (TPSA) is 39.3 Å². The zero-order chi connectivity index (χ0) is 19.2. The van der Waals surface area contributed by atoms with Gasteiger partial charge in [-0.2, -0.15) is 0 Å². The van der Waals surface area contributed by atoms with E-state index in [0.29, 0.717) is 0 Å². The van der Waals surface area contributed by atoms with Gasteiger partial charge in [-0.25, -0.2) is 19.1 Å². The molecule has 0 saturated carbocycles. The highest BCUT2D eigenvalue weighted by atomic mass is 15.1. The van der Waals surface area contributed by atoms with Gasteiger partial charge in [0.15, 0.2) is 0 Å². The minimum absolute atomic E-state index is 1.16. The molecule has 0 amide bonds. The molecule has 2 N–H and O–H groups in total. The first-order valence-electron chi connectivity index (χ1n) is 11.5. The van der Waals surface area contributed by atoms with Crippen LogP contribution in [0, 0.1) is 0 Å². The monoisotopic (exact) mass is 374 g/mol. The largest absolute Gasteiger partial charge is 0.254 e. The van der Waals surface area contributed by atoms with E-state index in [-0.39, 0.29) is 0 Å². The van der Waals surface area contributed by atoms with E-state index in [0.717, 1.165) is 13.1 Å². The predicted octanol–water partition coefficient (Wildman–Crippen LogP) is 5.03. The fraction of sp³-hybridized carbons (Fsp3) is 0.739. The zero-order valence-electron chi connectivity index (χ0n) is 17.8. The average molecular weight is 375 g/mol. The lowest BCUT2D eigenvalue weighted by Crippen LogP contribution is -2.36. The molecule has 0 unspecified atom stereocenters. The van der Waals surface area contributed by atoms with Gasteiger partial charge in [0.1, 0.15) is 24.8 Å². The van der Waals surface area contributed by atoms with Crippen molar-refractivity contribution in [3.8, 4) is 0 Å². The Bertz CT molecular complexity index is 547. The summed E-state index contributed by atoms with van der Waals surface area (Å²) in [6.07, 6.45) is 25.5. The molecule has 4 heteroatoms. The lowest BCUT2D eigenvalue weighted by molar-refractivity contribution is -0.703. The molecule has 2 aromatic rings. The number of rotatable bonds is 16. The normalized spacial score (nSPS) is 11.3. The van der Waals surface area contributed by atoms with E-state index in [1.807, 2.05) is 0 Å². The first kappa shape index (κ1) is 21.7. The van der Waals surface area contributed by atoms with Gasteiger partial charge in [0.05, 0.1) is 13.1 Å². The van der Waals surface area contributed by atoms with Crippen molar-refractivity contribution in [2.75, 3.05) is 0 Å². The molecular formula is C23H42N4+2. The van der Waals surface area contributed by atoms with E-state index in [2.05, 4.69) is 57.7 Å². The first-order chi connectivity index (χ1) is 13.3. The molecule has 2 aromatic heterocycles. The minimum atomic E-state index is 1.16. The predicted molar refractivity (Wildman–Crippen MR) is 112 cm³/mol. The van der Waals surface area contributed by atoms with Crippen molar-refractivity contribution in [3.63, 3.8) is 0 Å². The van der Waals surface area contributed by atoms with Gasteiger partial charge in [0.2, 0.25) is 0 Å². The molecule has 0 aliphatic rings. The van der Waals surface area contributed by atoms with E-state index in [1.165, 1.54) is 95.1 Å². The standard InChI is InChI=1S/C23H40N4/c1-3-5-18-26-20-16-24-22(26)14-12-10-8-7-9-11-13-15-23-25-17-21-27(23)19-6-4-2/h16-17,20-21H,3-15,18-19H2,1-2H3/p+2. The number of hydrogen-bond donors (Lipinski definition) is 2. The van der Waals surface area contributed by atoms with Crippen LogP contribution in [0.3, 0.4) is 0 Å². The van der Waals surface area contributed by atoms with Gasteiger partial charge in [-0.15, -0.1) is 0 Å². The van der Waals surface area contributed by atoms with Crippen molar-refractivity contribution in [2.24, 2.45) is 0 Å². The van der Waals surface area contributed by atoms with Crippen LogP contribution in [0.4, 0.5) is 0 Å². The van der Waals surface area contributed by atoms with Gasteiger partial charge in [-0.1, -0.05) is 58.8 Å². The molecule has 0 radical (unpaired) electrons. The number of aromatic amines is 2. The smallest absolute Gasteiger partial charge is 0.248 e. The third-order valence-electron chi connectivity index (χ3n) is 5.53. The molecule has 0 atom stereocenters. The summed E-state index contributed by atoms with van der Waals surface area (Å²) >= 11 is 0. The number of imidazole rings is 2. The SMILES string of the molecule is CCCC[n+]1cc[nH]c1CCCCCCCCCc1[nH]cc[n+]1CCCC. The molecule has 2 heterocycles. The summed E-state index contributed by atoms with van der Waals surface area (Å²) in [7, 11) is 0. The number of unbranched alkanes of at least 4 members (excludes halogenated alkanes) is 8. The second-order valence-electron chi connectivity index (χ2n) is 7.88. The molecule has 152 valence electrons. The number of nitrogens with one attached hydrogen (secondary N) is 2. The summed E-state index contributed by atoms with van der Waals surface area (Å²) in [5, 5.41) is 0. The van der Waals surface area contributed by atoms with Crippen LogP contribution in [0.1, 0.15) is 96.1 Å². The number of aryl methyl sites for hydroxylation is 4. The molecule has 0 aliphatic heterocycles. The zero-order valence-corrected chi connectivity index (χ0v) is 17.8. The Morgan fingerprint density at radius 1 is 0.593 bits per heavy atom. The number of H-pyrrole nitrogens is 2. The molecule has 0 spiro atoms. The van der Waals surface area contributed by atoms with Gasteiger partial charge >= 0.3 is 0 Å². The van der Waals surface area contributed by atoms with E-state index < -0.39 is 0 Å². The molecule has 2 rings (SSSR count). The third kappa shape index (κ3) is 8.32. The number of nitrogens with zero attached hydrogens (tertiary/aromatic N) is 2. The van der Waals surface area contributed by atoms with Crippen LogP contribution in [-0.2, 0) is 25.9 Å². The van der Waals surface area contributed by atoms with Gasteiger partial charge in [-0.3, -0.25) is 0 Å². The van der Waals surface area contributed by atoms with E-state index >= 15 is 0 Å². The summed E-state index contributed by atoms with van der Waals surface area (Å²) in [4.78, 5) is 6.84. The summed E-state index contributed by atoms with van der Waals surface area (Å²) in [5.41, 5.74) is 0. The van der Waals surface area contributed by atoms with Crippen molar-refractivity contribution in [1.82, 2.24) is 9.97 Å². The van der Waals surface area contributed by atoms with Crippen molar-refractivity contribution in [1.29, 1.82) is 0 Å². The van der Waals surface area contributed by atoms with Crippen LogP contribution in [0.5, 0.6) is 0 Å². The Balaban J connectivity index is 1.47. The van der Waals surface area contributed by atoms with Crippen molar-refractivity contribution in [3.05, 3.63) is 36.4 Å². The van der Waals surface area contributed by atoms with Crippen LogP contribution >= 0.6 is 0 Å². The second kappa shape index (κ2) is 13.6.